The lowest BCUT2D eigenvalue weighted by atomic mass is 10.1. The molecule has 0 amide bonds. The van der Waals surface area contributed by atoms with E-state index in [1.165, 1.54) is 0 Å². The van der Waals surface area contributed by atoms with Gasteiger partial charge in [-0.1, -0.05) is 43.7 Å². The van der Waals surface area contributed by atoms with Gasteiger partial charge in [-0.3, -0.25) is 0 Å². The van der Waals surface area contributed by atoms with E-state index in [0.29, 0.717) is 5.95 Å². The summed E-state index contributed by atoms with van der Waals surface area (Å²) in [4.78, 5) is 11.6. The normalized spacial score (nSPS) is 12.1. The molecule has 0 radical (unpaired) electrons. The van der Waals surface area contributed by atoms with Crippen LogP contribution in [0.4, 0.5) is 17.5 Å². The Hall–Kier alpha value is -3.28. The van der Waals surface area contributed by atoms with Gasteiger partial charge >= 0.3 is 0 Å². The number of rotatable bonds is 7. The molecule has 0 atom stereocenters. The highest BCUT2D eigenvalue weighted by Crippen LogP contribution is 2.35. The predicted molar refractivity (Wildman–Crippen MR) is 111 cm³/mol. The molecule has 2 heterocycles. The Labute approximate surface area is 165 Å². The summed E-state index contributed by atoms with van der Waals surface area (Å²) >= 11 is 0. The average molecular weight is 376 g/mol. The quantitative estimate of drug-likeness (QED) is 0.636. The molecule has 0 aliphatic carbocycles. The fraction of sp³-hybridized carbons (Fsp3) is 0.273. The molecule has 1 N–H and O–H groups in total. The number of nitrogens with zero attached hydrogens (tertiary/aromatic N) is 3. The molecule has 1 aliphatic rings. The first-order chi connectivity index (χ1) is 13.7. The number of unbranched alkanes of at least 4 members (excludes halogenated alkanes) is 1. The Morgan fingerprint density at radius 3 is 2.64 bits per heavy atom. The Morgan fingerprint density at radius 2 is 1.82 bits per heavy atom. The van der Waals surface area contributed by atoms with Crippen molar-refractivity contribution in [2.24, 2.45) is 0 Å². The lowest BCUT2D eigenvalue weighted by molar-refractivity contribution is 0.174. The minimum atomic E-state index is 0.261. The van der Waals surface area contributed by atoms with Gasteiger partial charge in [0.05, 0.1) is 5.69 Å². The van der Waals surface area contributed by atoms with Gasteiger partial charge in [0.15, 0.2) is 11.5 Å². The van der Waals surface area contributed by atoms with Crippen molar-refractivity contribution in [2.45, 2.75) is 19.8 Å². The zero-order valence-corrected chi connectivity index (χ0v) is 16.2. The Bertz CT molecular complexity index is 947. The smallest absolute Gasteiger partial charge is 0.231 e. The molecule has 2 aromatic carbocycles. The summed E-state index contributed by atoms with van der Waals surface area (Å²) in [6.07, 6.45) is 2.23. The molecule has 6 nitrogen and oxygen atoms in total. The van der Waals surface area contributed by atoms with E-state index in [4.69, 9.17) is 19.4 Å². The van der Waals surface area contributed by atoms with Gasteiger partial charge in [0.25, 0.3) is 0 Å². The van der Waals surface area contributed by atoms with E-state index in [1.54, 1.807) is 0 Å². The van der Waals surface area contributed by atoms with E-state index in [0.717, 1.165) is 53.6 Å². The summed E-state index contributed by atoms with van der Waals surface area (Å²) < 4.78 is 10.9. The number of anilines is 3. The van der Waals surface area contributed by atoms with E-state index < -0.39 is 0 Å². The highest BCUT2D eigenvalue weighted by molar-refractivity contribution is 5.68. The molecule has 1 aliphatic heterocycles. The Morgan fingerprint density at radius 1 is 1.00 bits per heavy atom. The van der Waals surface area contributed by atoms with Crippen LogP contribution in [0.2, 0.25) is 0 Å². The average Bonchev–Trinajstić information content (AvgIpc) is 3.20. The summed E-state index contributed by atoms with van der Waals surface area (Å²) in [6.45, 7) is 3.36. The largest absolute Gasteiger partial charge is 0.454 e. The number of hydrogen-bond donors (Lipinski definition) is 1. The van der Waals surface area contributed by atoms with Crippen LogP contribution in [0.1, 0.15) is 19.8 Å². The van der Waals surface area contributed by atoms with Crippen molar-refractivity contribution in [3.63, 3.8) is 0 Å². The summed E-state index contributed by atoms with van der Waals surface area (Å²) in [5.74, 6) is 2.95. The van der Waals surface area contributed by atoms with Crippen LogP contribution in [-0.2, 0) is 0 Å². The van der Waals surface area contributed by atoms with Gasteiger partial charge in [0.2, 0.25) is 12.7 Å². The Kier molecular flexibility index (Phi) is 5.28. The number of hydrogen-bond acceptors (Lipinski definition) is 6. The van der Waals surface area contributed by atoms with E-state index in [-0.39, 0.29) is 6.79 Å². The molecule has 6 heteroatoms. The zero-order chi connectivity index (χ0) is 19.3. The number of fused-ring (bicyclic) bond motifs is 1. The molecule has 0 fully saturated rings. The van der Waals surface area contributed by atoms with Crippen LogP contribution in [0, 0.1) is 0 Å². The molecule has 1 aromatic heterocycles. The Balaban J connectivity index is 1.67. The lowest BCUT2D eigenvalue weighted by Gasteiger charge is -2.19. The molecule has 0 unspecified atom stereocenters. The van der Waals surface area contributed by atoms with Crippen LogP contribution in [0.3, 0.4) is 0 Å². The molecule has 4 rings (SSSR count). The van der Waals surface area contributed by atoms with Gasteiger partial charge in [-0.05, 0) is 18.6 Å². The number of ether oxygens (including phenoxy) is 2. The van der Waals surface area contributed by atoms with Crippen LogP contribution in [0.5, 0.6) is 11.5 Å². The summed E-state index contributed by atoms with van der Waals surface area (Å²) in [5.41, 5.74) is 2.84. The maximum atomic E-state index is 5.47. The third-order valence-electron chi connectivity index (χ3n) is 4.62. The monoisotopic (exact) mass is 376 g/mol. The van der Waals surface area contributed by atoms with Gasteiger partial charge < -0.3 is 19.7 Å². The lowest BCUT2D eigenvalue weighted by Crippen LogP contribution is -2.21. The van der Waals surface area contributed by atoms with Crippen molar-refractivity contribution in [2.75, 3.05) is 30.6 Å². The molecular formula is C22H24N4O2. The predicted octanol–water partition coefficient (Wildman–Crippen LogP) is 4.85. The van der Waals surface area contributed by atoms with Crippen LogP contribution in [-0.4, -0.2) is 30.4 Å². The highest BCUT2D eigenvalue weighted by atomic mass is 16.7. The van der Waals surface area contributed by atoms with E-state index in [9.17, 15) is 0 Å². The van der Waals surface area contributed by atoms with Gasteiger partial charge in [0.1, 0.15) is 5.82 Å². The molecule has 0 saturated heterocycles. The minimum Gasteiger partial charge on any atom is -0.454 e. The fourth-order valence-electron chi connectivity index (χ4n) is 3.04. The van der Waals surface area contributed by atoms with Crippen LogP contribution < -0.4 is 19.7 Å². The first-order valence-electron chi connectivity index (χ1n) is 9.55. The molecule has 0 saturated carbocycles. The summed E-state index contributed by atoms with van der Waals surface area (Å²) in [5, 5.41) is 3.38. The zero-order valence-electron chi connectivity index (χ0n) is 16.2. The van der Waals surface area contributed by atoms with Crippen LogP contribution in [0.15, 0.2) is 54.6 Å². The van der Waals surface area contributed by atoms with Crippen molar-refractivity contribution >= 4 is 17.5 Å². The van der Waals surface area contributed by atoms with Crippen LogP contribution in [0.25, 0.3) is 11.3 Å². The maximum Gasteiger partial charge on any atom is 0.231 e. The van der Waals surface area contributed by atoms with Crippen molar-refractivity contribution < 1.29 is 9.47 Å². The number of aromatic nitrogens is 2. The molecular weight excluding hydrogens is 352 g/mol. The van der Waals surface area contributed by atoms with E-state index in [1.807, 2.05) is 49.5 Å². The fourth-order valence-corrected chi connectivity index (χ4v) is 3.04. The highest BCUT2D eigenvalue weighted by Gasteiger charge is 2.15. The van der Waals surface area contributed by atoms with E-state index in [2.05, 4.69) is 29.3 Å². The van der Waals surface area contributed by atoms with Crippen molar-refractivity contribution in [1.29, 1.82) is 0 Å². The molecule has 0 spiro atoms. The third-order valence-corrected chi connectivity index (χ3v) is 4.62. The van der Waals surface area contributed by atoms with Crippen molar-refractivity contribution in [1.82, 2.24) is 9.97 Å². The van der Waals surface area contributed by atoms with Crippen molar-refractivity contribution in [3.05, 3.63) is 54.6 Å². The third kappa shape index (κ3) is 4.01. The molecule has 28 heavy (non-hydrogen) atoms. The first kappa shape index (κ1) is 18.1. The topological polar surface area (TPSA) is 59.5 Å². The van der Waals surface area contributed by atoms with E-state index >= 15 is 0 Å². The number of benzene rings is 2. The van der Waals surface area contributed by atoms with Gasteiger partial charge in [-0.15, -0.1) is 0 Å². The van der Waals surface area contributed by atoms with Gasteiger partial charge in [0, 0.05) is 37.0 Å². The second kappa shape index (κ2) is 8.17. The minimum absolute atomic E-state index is 0.261. The first-order valence-corrected chi connectivity index (χ1v) is 9.55. The number of nitrogens with one attached hydrogen (secondary N) is 1. The van der Waals surface area contributed by atoms with Crippen molar-refractivity contribution in [3.8, 4) is 22.8 Å². The second-order valence-corrected chi connectivity index (χ2v) is 6.77. The molecule has 3 aromatic rings. The second-order valence-electron chi connectivity index (χ2n) is 6.77. The molecule has 144 valence electrons. The van der Waals surface area contributed by atoms with Gasteiger partial charge in [-0.25, -0.2) is 4.98 Å². The maximum absolute atomic E-state index is 5.47. The summed E-state index contributed by atoms with van der Waals surface area (Å²) in [6, 6.07) is 17.9. The molecule has 0 bridgehead atoms. The van der Waals surface area contributed by atoms with Crippen LogP contribution >= 0.6 is 0 Å². The van der Waals surface area contributed by atoms with Gasteiger partial charge in [-0.2, -0.15) is 4.98 Å². The standard InChI is InChI=1S/C22H24N4O2/c1-3-4-12-26(2)22-24-18(16-8-6-5-7-9-16)14-21(25-22)23-17-10-11-19-20(13-17)28-15-27-19/h5-11,13-14H,3-4,12,15H2,1-2H3,(H,23,24,25). The SMILES string of the molecule is CCCCN(C)c1nc(Nc2ccc3c(c2)OCO3)cc(-c2ccccc2)n1. The summed E-state index contributed by atoms with van der Waals surface area (Å²) in [7, 11) is 2.03.